The largest absolute Gasteiger partial charge is 0.337 e. The molecule has 0 spiro atoms. The highest BCUT2D eigenvalue weighted by molar-refractivity contribution is 5.94. The zero-order valence-electron chi connectivity index (χ0n) is 13.7. The molecule has 5 nitrogen and oxygen atoms in total. The van der Waals surface area contributed by atoms with E-state index in [0.717, 1.165) is 51.1 Å². The van der Waals surface area contributed by atoms with Crippen LogP contribution in [0.4, 0.5) is 0 Å². The van der Waals surface area contributed by atoms with Crippen molar-refractivity contribution in [3.05, 3.63) is 47.3 Å². The van der Waals surface area contributed by atoms with Gasteiger partial charge in [0.15, 0.2) is 5.69 Å². The fourth-order valence-corrected chi connectivity index (χ4v) is 4.56. The topological polar surface area (TPSA) is 50.2 Å². The van der Waals surface area contributed by atoms with Crippen molar-refractivity contribution < 1.29 is 4.79 Å². The summed E-state index contributed by atoms with van der Waals surface area (Å²) in [5, 5.41) is 8.18. The molecule has 1 amide bonds. The third kappa shape index (κ3) is 2.11. The van der Waals surface area contributed by atoms with Gasteiger partial charge in [0.2, 0.25) is 0 Å². The number of amides is 1. The van der Waals surface area contributed by atoms with E-state index in [2.05, 4.69) is 17.4 Å². The Morgan fingerprint density at radius 1 is 1.08 bits per heavy atom. The molecule has 5 heteroatoms. The minimum Gasteiger partial charge on any atom is -0.337 e. The molecule has 0 bridgehead atoms. The van der Waals surface area contributed by atoms with E-state index in [1.807, 2.05) is 27.8 Å². The lowest BCUT2D eigenvalue weighted by molar-refractivity contribution is 0.0774. The first-order valence-electron chi connectivity index (χ1n) is 8.97. The quantitative estimate of drug-likeness (QED) is 0.915. The molecule has 24 heavy (non-hydrogen) atoms. The van der Waals surface area contributed by atoms with Crippen LogP contribution in [-0.2, 0) is 12.8 Å². The molecule has 2 saturated heterocycles. The Labute approximate surface area is 141 Å². The molecular weight excluding hydrogens is 300 g/mol. The van der Waals surface area contributed by atoms with Gasteiger partial charge in [0.25, 0.3) is 5.91 Å². The van der Waals surface area contributed by atoms with Gasteiger partial charge < -0.3 is 10.2 Å². The first-order chi connectivity index (χ1) is 11.8. The van der Waals surface area contributed by atoms with Crippen LogP contribution in [0.15, 0.2) is 30.3 Å². The van der Waals surface area contributed by atoms with Crippen LogP contribution < -0.4 is 5.32 Å². The van der Waals surface area contributed by atoms with Crippen molar-refractivity contribution in [3.63, 3.8) is 0 Å². The fraction of sp³-hybridized carbons (Fsp3) is 0.474. The van der Waals surface area contributed by atoms with Gasteiger partial charge in [0, 0.05) is 37.4 Å². The Morgan fingerprint density at radius 2 is 1.83 bits per heavy atom. The van der Waals surface area contributed by atoms with Gasteiger partial charge in [0.05, 0.1) is 5.69 Å². The maximum absolute atomic E-state index is 13.1. The van der Waals surface area contributed by atoms with Crippen molar-refractivity contribution in [1.82, 2.24) is 20.0 Å². The number of carbonyl (C=O) groups is 1. The summed E-state index contributed by atoms with van der Waals surface area (Å²) >= 11 is 0. The molecular formula is C19H22N4O. The van der Waals surface area contributed by atoms with E-state index >= 15 is 0 Å². The van der Waals surface area contributed by atoms with Crippen LogP contribution >= 0.6 is 0 Å². The molecule has 1 aromatic heterocycles. The average Bonchev–Trinajstić information content (AvgIpc) is 3.34. The second kappa shape index (κ2) is 5.45. The second-order valence-electron chi connectivity index (χ2n) is 7.26. The lowest BCUT2D eigenvalue weighted by Crippen LogP contribution is -2.32. The molecule has 124 valence electrons. The Bertz CT molecular complexity index is 770. The fourth-order valence-electron chi connectivity index (χ4n) is 4.56. The summed E-state index contributed by atoms with van der Waals surface area (Å²) in [6.07, 6.45) is 3.11. The summed E-state index contributed by atoms with van der Waals surface area (Å²) in [5.41, 5.74) is 4.15. The van der Waals surface area contributed by atoms with Crippen LogP contribution in [0.3, 0.4) is 0 Å². The van der Waals surface area contributed by atoms with Gasteiger partial charge in [-0.2, -0.15) is 5.10 Å². The number of hydrogen-bond acceptors (Lipinski definition) is 3. The number of carbonyl (C=O) groups excluding carboxylic acids is 1. The monoisotopic (exact) mass is 322 g/mol. The molecule has 2 aliphatic heterocycles. The third-order valence-corrected chi connectivity index (χ3v) is 5.81. The van der Waals surface area contributed by atoms with Gasteiger partial charge in [0.1, 0.15) is 0 Å². The van der Waals surface area contributed by atoms with Crippen LogP contribution in [0.25, 0.3) is 5.69 Å². The predicted molar refractivity (Wildman–Crippen MR) is 91.3 cm³/mol. The van der Waals surface area contributed by atoms with Crippen molar-refractivity contribution in [3.8, 4) is 5.69 Å². The number of rotatable bonds is 2. The molecule has 5 rings (SSSR count). The zero-order valence-corrected chi connectivity index (χ0v) is 13.7. The highest BCUT2D eigenvalue weighted by Gasteiger charge is 2.40. The zero-order chi connectivity index (χ0) is 16.1. The lowest BCUT2D eigenvalue weighted by atomic mass is 10.0. The van der Waals surface area contributed by atoms with Crippen molar-refractivity contribution in [1.29, 1.82) is 0 Å². The highest BCUT2D eigenvalue weighted by atomic mass is 16.2. The number of benzene rings is 1. The molecule has 1 aromatic carbocycles. The Morgan fingerprint density at radius 3 is 2.58 bits per heavy atom. The molecule has 2 fully saturated rings. The predicted octanol–water partition coefficient (Wildman–Crippen LogP) is 1.65. The molecule has 0 saturated carbocycles. The third-order valence-electron chi connectivity index (χ3n) is 5.81. The number of aromatic nitrogens is 2. The smallest absolute Gasteiger partial charge is 0.274 e. The average molecular weight is 322 g/mol. The Kier molecular flexibility index (Phi) is 3.23. The van der Waals surface area contributed by atoms with E-state index < -0.39 is 0 Å². The standard InChI is InChI=1S/C19H22N4O/c24-19(22-11-13-9-20-10-14(13)12-22)18-16-7-4-8-17(16)23(21-18)15-5-2-1-3-6-15/h1-3,5-6,13-14,20H,4,7-12H2/t13-,14+. The van der Waals surface area contributed by atoms with Crippen molar-refractivity contribution >= 4 is 5.91 Å². The van der Waals surface area contributed by atoms with Gasteiger partial charge >= 0.3 is 0 Å². The summed E-state index contributed by atoms with van der Waals surface area (Å²) in [6, 6.07) is 10.2. The maximum Gasteiger partial charge on any atom is 0.274 e. The summed E-state index contributed by atoms with van der Waals surface area (Å²) in [7, 11) is 0. The molecule has 1 aliphatic carbocycles. The molecule has 3 aliphatic rings. The summed E-state index contributed by atoms with van der Waals surface area (Å²) in [5.74, 6) is 1.38. The second-order valence-corrected chi connectivity index (χ2v) is 7.26. The summed E-state index contributed by atoms with van der Waals surface area (Å²) in [6.45, 7) is 3.85. The molecule has 0 radical (unpaired) electrons. The van der Waals surface area contributed by atoms with Crippen molar-refractivity contribution in [2.24, 2.45) is 11.8 Å². The minimum atomic E-state index is 0.136. The molecule has 2 aromatic rings. The van der Waals surface area contributed by atoms with E-state index in [9.17, 15) is 4.79 Å². The Hall–Kier alpha value is -2.14. The van der Waals surface area contributed by atoms with Gasteiger partial charge in [-0.3, -0.25) is 4.79 Å². The number of likely N-dealkylation sites (tertiary alicyclic amines) is 1. The van der Waals surface area contributed by atoms with Gasteiger partial charge in [-0.25, -0.2) is 4.68 Å². The van der Waals surface area contributed by atoms with E-state index in [-0.39, 0.29) is 5.91 Å². The highest BCUT2D eigenvalue weighted by Crippen LogP contribution is 2.31. The number of fused-ring (bicyclic) bond motifs is 2. The van der Waals surface area contributed by atoms with Gasteiger partial charge in [-0.1, -0.05) is 18.2 Å². The number of para-hydroxylation sites is 1. The minimum absolute atomic E-state index is 0.136. The maximum atomic E-state index is 13.1. The van der Waals surface area contributed by atoms with Crippen molar-refractivity contribution in [2.75, 3.05) is 26.2 Å². The molecule has 3 heterocycles. The van der Waals surface area contributed by atoms with E-state index in [1.165, 1.54) is 11.3 Å². The van der Waals surface area contributed by atoms with Crippen LogP contribution in [0.2, 0.25) is 0 Å². The van der Waals surface area contributed by atoms with Crippen LogP contribution in [0.5, 0.6) is 0 Å². The van der Waals surface area contributed by atoms with E-state index in [4.69, 9.17) is 5.10 Å². The normalized spacial score (nSPS) is 25.1. The first-order valence-corrected chi connectivity index (χ1v) is 8.97. The number of nitrogens with zero attached hydrogens (tertiary/aromatic N) is 3. The first kappa shape index (κ1) is 14.2. The number of nitrogens with one attached hydrogen (secondary N) is 1. The van der Waals surface area contributed by atoms with Crippen LogP contribution in [0.1, 0.15) is 28.2 Å². The molecule has 0 unspecified atom stereocenters. The van der Waals surface area contributed by atoms with E-state index in [0.29, 0.717) is 17.5 Å². The number of hydrogen-bond donors (Lipinski definition) is 1. The van der Waals surface area contributed by atoms with Gasteiger partial charge in [-0.15, -0.1) is 0 Å². The van der Waals surface area contributed by atoms with Crippen molar-refractivity contribution in [2.45, 2.75) is 19.3 Å². The van der Waals surface area contributed by atoms with Gasteiger partial charge in [-0.05, 0) is 43.2 Å². The summed E-state index contributed by atoms with van der Waals surface area (Å²) < 4.78 is 1.99. The lowest BCUT2D eigenvalue weighted by Gasteiger charge is -2.16. The molecule has 2 atom stereocenters. The SMILES string of the molecule is O=C(c1nn(-c2ccccc2)c2c1CCC2)N1C[C@H]2CNC[C@H]2C1. The van der Waals surface area contributed by atoms with Crippen LogP contribution in [0, 0.1) is 11.8 Å². The van der Waals surface area contributed by atoms with E-state index in [1.54, 1.807) is 0 Å². The summed E-state index contributed by atoms with van der Waals surface area (Å²) in [4.78, 5) is 15.1. The van der Waals surface area contributed by atoms with Crippen LogP contribution in [-0.4, -0.2) is 46.8 Å². The molecule has 1 N–H and O–H groups in total. The Balaban J connectivity index is 1.49.